The van der Waals surface area contributed by atoms with Crippen molar-refractivity contribution >= 4 is 5.82 Å². The zero-order chi connectivity index (χ0) is 15.2. The van der Waals surface area contributed by atoms with Crippen LogP contribution in [0, 0.1) is 13.8 Å². The molecule has 0 radical (unpaired) electrons. The molecule has 4 nitrogen and oxygen atoms in total. The van der Waals surface area contributed by atoms with Crippen molar-refractivity contribution in [3.05, 3.63) is 35.5 Å². The first kappa shape index (κ1) is 15.3. The topological polar surface area (TPSA) is 47.0 Å². The van der Waals surface area contributed by atoms with Gasteiger partial charge >= 0.3 is 0 Å². The van der Waals surface area contributed by atoms with Crippen molar-refractivity contribution in [2.45, 2.75) is 34.1 Å². The van der Waals surface area contributed by atoms with Crippen LogP contribution in [0.3, 0.4) is 0 Å². The molecule has 4 heteroatoms. The van der Waals surface area contributed by atoms with Gasteiger partial charge in [0.15, 0.2) is 5.82 Å². The van der Waals surface area contributed by atoms with Crippen molar-refractivity contribution in [1.82, 2.24) is 9.97 Å². The van der Waals surface area contributed by atoms with Crippen molar-refractivity contribution in [3.63, 3.8) is 0 Å². The van der Waals surface area contributed by atoms with E-state index in [1.54, 1.807) is 0 Å². The predicted octanol–water partition coefficient (Wildman–Crippen LogP) is 3.98. The van der Waals surface area contributed by atoms with Gasteiger partial charge < -0.3 is 10.1 Å². The number of benzene rings is 1. The smallest absolute Gasteiger partial charge is 0.161 e. The zero-order valence-electron chi connectivity index (χ0n) is 13.2. The van der Waals surface area contributed by atoms with Crippen LogP contribution < -0.4 is 10.1 Å². The maximum absolute atomic E-state index is 5.68. The Morgan fingerprint density at radius 1 is 1.14 bits per heavy atom. The first-order valence-corrected chi connectivity index (χ1v) is 7.48. The van der Waals surface area contributed by atoms with Gasteiger partial charge in [-0.1, -0.05) is 19.1 Å². The molecule has 0 amide bonds. The van der Waals surface area contributed by atoms with Crippen LogP contribution in [-0.4, -0.2) is 23.1 Å². The normalized spacial score (nSPS) is 10.5. The molecule has 0 bridgehead atoms. The fourth-order valence-electron chi connectivity index (χ4n) is 2.04. The Balaban J connectivity index is 2.37. The first-order valence-electron chi connectivity index (χ1n) is 7.48. The molecule has 0 saturated heterocycles. The van der Waals surface area contributed by atoms with Crippen LogP contribution in [-0.2, 0) is 0 Å². The largest absolute Gasteiger partial charge is 0.494 e. The molecule has 1 heterocycles. The van der Waals surface area contributed by atoms with E-state index in [-0.39, 0.29) is 0 Å². The van der Waals surface area contributed by atoms with Crippen LogP contribution >= 0.6 is 0 Å². The molecule has 112 valence electrons. The summed E-state index contributed by atoms with van der Waals surface area (Å²) < 4.78 is 5.68. The Bertz CT molecular complexity index is 611. The van der Waals surface area contributed by atoms with Gasteiger partial charge in [-0.2, -0.15) is 0 Å². The van der Waals surface area contributed by atoms with Gasteiger partial charge in [0.05, 0.1) is 6.61 Å². The van der Waals surface area contributed by atoms with Crippen LogP contribution in [0.1, 0.15) is 31.5 Å². The second-order valence-electron chi connectivity index (χ2n) is 5.01. The number of hydrogen-bond acceptors (Lipinski definition) is 4. The van der Waals surface area contributed by atoms with Crippen molar-refractivity contribution < 1.29 is 4.74 Å². The minimum atomic E-state index is 0.722. The Hall–Kier alpha value is -2.10. The quantitative estimate of drug-likeness (QED) is 0.872. The highest BCUT2D eigenvalue weighted by molar-refractivity contribution is 5.61. The number of hydrogen-bond donors (Lipinski definition) is 1. The summed E-state index contributed by atoms with van der Waals surface area (Å²) in [5, 5.41) is 3.29. The number of anilines is 1. The molecule has 1 aromatic carbocycles. The highest BCUT2D eigenvalue weighted by Gasteiger charge is 2.09. The molecule has 0 aliphatic carbocycles. The fraction of sp³-hybridized carbons (Fsp3) is 0.412. The Morgan fingerprint density at radius 3 is 2.67 bits per heavy atom. The maximum atomic E-state index is 5.68. The van der Waals surface area contributed by atoms with Gasteiger partial charge in [0.2, 0.25) is 0 Å². The summed E-state index contributed by atoms with van der Waals surface area (Å²) >= 11 is 0. The molecule has 21 heavy (non-hydrogen) atoms. The molecule has 0 saturated carbocycles. The monoisotopic (exact) mass is 285 g/mol. The lowest BCUT2D eigenvalue weighted by Crippen LogP contribution is -2.06. The van der Waals surface area contributed by atoms with E-state index in [0.717, 1.165) is 53.8 Å². The highest BCUT2D eigenvalue weighted by Crippen LogP contribution is 2.24. The lowest BCUT2D eigenvalue weighted by Gasteiger charge is -2.12. The fourth-order valence-corrected chi connectivity index (χ4v) is 2.04. The number of nitrogens with one attached hydrogen (secondary N) is 1. The lowest BCUT2D eigenvalue weighted by molar-refractivity contribution is 0.317. The van der Waals surface area contributed by atoms with Crippen molar-refractivity contribution in [2.75, 3.05) is 18.5 Å². The number of aromatic nitrogens is 2. The third kappa shape index (κ3) is 3.72. The SMILES string of the molecule is CCCOc1cccc(-c2nc(C)c(C)c(NCC)n2)c1. The second kappa shape index (κ2) is 7.07. The average molecular weight is 285 g/mol. The third-order valence-electron chi connectivity index (χ3n) is 3.30. The van der Waals surface area contributed by atoms with Crippen LogP contribution in [0.15, 0.2) is 24.3 Å². The van der Waals surface area contributed by atoms with E-state index in [1.807, 2.05) is 38.1 Å². The molecular weight excluding hydrogens is 262 g/mol. The molecule has 0 aliphatic heterocycles. The molecule has 0 fully saturated rings. The molecule has 0 aliphatic rings. The van der Waals surface area contributed by atoms with Crippen molar-refractivity contribution in [3.8, 4) is 17.1 Å². The third-order valence-corrected chi connectivity index (χ3v) is 3.30. The van der Waals surface area contributed by atoms with Crippen LogP contribution in [0.5, 0.6) is 5.75 Å². The van der Waals surface area contributed by atoms with E-state index in [0.29, 0.717) is 0 Å². The summed E-state index contributed by atoms with van der Waals surface area (Å²) in [7, 11) is 0. The van der Waals surface area contributed by atoms with Gasteiger partial charge in [-0.05, 0) is 39.3 Å². The summed E-state index contributed by atoms with van der Waals surface area (Å²) in [5.74, 6) is 2.50. The lowest BCUT2D eigenvalue weighted by atomic mass is 10.1. The second-order valence-corrected chi connectivity index (χ2v) is 5.01. The van der Waals surface area contributed by atoms with Crippen molar-refractivity contribution in [2.24, 2.45) is 0 Å². The average Bonchev–Trinajstić information content (AvgIpc) is 2.50. The van der Waals surface area contributed by atoms with Gasteiger partial charge in [-0.3, -0.25) is 0 Å². The maximum Gasteiger partial charge on any atom is 0.161 e. The number of nitrogens with zero attached hydrogens (tertiary/aromatic N) is 2. The summed E-state index contributed by atoms with van der Waals surface area (Å²) in [6.07, 6.45) is 0.995. The van der Waals surface area contributed by atoms with Gasteiger partial charge in [-0.15, -0.1) is 0 Å². The van der Waals surface area contributed by atoms with E-state index in [9.17, 15) is 0 Å². The molecule has 2 aromatic rings. The van der Waals surface area contributed by atoms with Gasteiger partial charge in [0.25, 0.3) is 0 Å². The van der Waals surface area contributed by atoms with Gasteiger partial charge in [0, 0.05) is 23.4 Å². The van der Waals surface area contributed by atoms with Crippen LogP contribution in [0.4, 0.5) is 5.82 Å². The molecule has 0 unspecified atom stereocenters. The Morgan fingerprint density at radius 2 is 1.95 bits per heavy atom. The van der Waals surface area contributed by atoms with E-state index in [4.69, 9.17) is 4.74 Å². The predicted molar refractivity (Wildman–Crippen MR) is 86.9 cm³/mol. The Kier molecular flexibility index (Phi) is 5.14. The minimum Gasteiger partial charge on any atom is -0.494 e. The standard InChI is InChI=1S/C17H23N3O/c1-5-10-21-15-9-7-8-14(11-15)17-19-13(4)12(3)16(20-17)18-6-2/h7-9,11H,5-6,10H2,1-4H3,(H,18,19,20). The summed E-state index contributed by atoms with van der Waals surface area (Å²) in [5.41, 5.74) is 3.07. The molecule has 0 spiro atoms. The molecule has 2 rings (SSSR count). The molecule has 1 N–H and O–H groups in total. The van der Waals surface area contributed by atoms with E-state index >= 15 is 0 Å². The van der Waals surface area contributed by atoms with E-state index in [1.165, 1.54) is 0 Å². The number of rotatable bonds is 6. The minimum absolute atomic E-state index is 0.722. The van der Waals surface area contributed by atoms with Gasteiger partial charge in [-0.25, -0.2) is 9.97 Å². The molecule has 1 aromatic heterocycles. The van der Waals surface area contributed by atoms with E-state index in [2.05, 4.69) is 29.1 Å². The Labute approximate surface area is 126 Å². The number of ether oxygens (including phenoxy) is 1. The van der Waals surface area contributed by atoms with E-state index < -0.39 is 0 Å². The molecular formula is C17H23N3O. The molecule has 0 atom stereocenters. The zero-order valence-corrected chi connectivity index (χ0v) is 13.2. The number of aryl methyl sites for hydroxylation is 1. The van der Waals surface area contributed by atoms with Crippen molar-refractivity contribution in [1.29, 1.82) is 0 Å². The van der Waals surface area contributed by atoms with Gasteiger partial charge in [0.1, 0.15) is 11.6 Å². The summed E-state index contributed by atoms with van der Waals surface area (Å²) in [6.45, 7) is 9.78. The van der Waals surface area contributed by atoms with Crippen LogP contribution in [0.2, 0.25) is 0 Å². The van der Waals surface area contributed by atoms with Crippen LogP contribution in [0.25, 0.3) is 11.4 Å². The summed E-state index contributed by atoms with van der Waals surface area (Å²) in [6, 6.07) is 7.95. The summed E-state index contributed by atoms with van der Waals surface area (Å²) in [4.78, 5) is 9.24. The highest BCUT2D eigenvalue weighted by atomic mass is 16.5. The first-order chi connectivity index (χ1) is 10.2.